The molecule has 1 fully saturated rings. The third-order valence-electron chi connectivity index (χ3n) is 5.31. The second-order valence-corrected chi connectivity index (χ2v) is 7.69. The molecule has 1 aliphatic carbocycles. The Morgan fingerprint density at radius 1 is 1.12 bits per heavy atom. The lowest BCUT2D eigenvalue weighted by Gasteiger charge is -2.36. The molecular weight excluding hydrogens is 328 g/mol. The van der Waals surface area contributed by atoms with E-state index in [1.54, 1.807) is 6.08 Å². The zero-order chi connectivity index (χ0) is 18.5. The first kappa shape index (κ1) is 18.8. The summed E-state index contributed by atoms with van der Waals surface area (Å²) in [7, 11) is 4.10. The van der Waals surface area contributed by atoms with E-state index in [1.165, 1.54) is 12.8 Å². The molecule has 0 aromatic heterocycles. The molecule has 2 aliphatic rings. The van der Waals surface area contributed by atoms with E-state index >= 15 is 0 Å². The fourth-order valence-corrected chi connectivity index (χ4v) is 3.61. The number of ether oxygens (including phenoxy) is 2. The minimum atomic E-state index is 0.101. The van der Waals surface area contributed by atoms with Gasteiger partial charge in [0.1, 0.15) is 0 Å². The molecule has 142 valence electrons. The highest BCUT2D eigenvalue weighted by Gasteiger charge is 2.26. The predicted octanol–water partition coefficient (Wildman–Crippen LogP) is 3.40. The molecule has 26 heavy (non-hydrogen) atoms. The van der Waals surface area contributed by atoms with Crippen molar-refractivity contribution in [2.75, 3.05) is 34.0 Å². The molecule has 0 radical (unpaired) electrons. The Kier molecular flexibility index (Phi) is 6.20. The lowest BCUT2D eigenvalue weighted by molar-refractivity contribution is -0.129. The Morgan fingerprint density at radius 3 is 2.58 bits per heavy atom. The SMILES string of the molecule is CC1CCC(N(CCN(C)C)C(=O)C=Cc2ccc3c(c2)OCO3)CC1. The summed E-state index contributed by atoms with van der Waals surface area (Å²) >= 11 is 0. The summed E-state index contributed by atoms with van der Waals surface area (Å²) in [4.78, 5) is 17.1. The van der Waals surface area contributed by atoms with Gasteiger partial charge in [0.05, 0.1) is 0 Å². The van der Waals surface area contributed by atoms with E-state index < -0.39 is 0 Å². The van der Waals surface area contributed by atoms with Crippen LogP contribution in [0.3, 0.4) is 0 Å². The van der Waals surface area contributed by atoms with Gasteiger partial charge in [0.15, 0.2) is 11.5 Å². The zero-order valence-electron chi connectivity index (χ0n) is 16.1. The first-order valence-electron chi connectivity index (χ1n) is 9.56. The summed E-state index contributed by atoms with van der Waals surface area (Å²) < 4.78 is 10.7. The zero-order valence-corrected chi connectivity index (χ0v) is 16.1. The molecule has 0 atom stereocenters. The van der Waals surface area contributed by atoms with Crippen LogP contribution in [0.5, 0.6) is 11.5 Å². The van der Waals surface area contributed by atoms with Crippen molar-refractivity contribution in [3.8, 4) is 11.5 Å². The van der Waals surface area contributed by atoms with Gasteiger partial charge >= 0.3 is 0 Å². The van der Waals surface area contributed by atoms with Crippen molar-refractivity contribution >= 4 is 12.0 Å². The van der Waals surface area contributed by atoms with Gasteiger partial charge in [-0.15, -0.1) is 0 Å². The number of fused-ring (bicyclic) bond motifs is 1. The van der Waals surface area contributed by atoms with Crippen LogP contribution in [0.25, 0.3) is 6.08 Å². The number of hydrogen-bond donors (Lipinski definition) is 0. The number of nitrogens with zero attached hydrogens (tertiary/aromatic N) is 2. The summed E-state index contributed by atoms with van der Waals surface area (Å²) in [6.45, 7) is 4.23. The van der Waals surface area contributed by atoms with Crippen LogP contribution in [0.4, 0.5) is 0 Å². The molecule has 3 rings (SSSR count). The second-order valence-electron chi connectivity index (χ2n) is 7.69. The van der Waals surface area contributed by atoms with Gasteiger partial charge in [-0.05, 0) is 69.5 Å². The molecule has 5 nitrogen and oxygen atoms in total. The van der Waals surface area contributed by atoms with Crippen LogP contribution in [-0.2, 0) is 4.79 Å². The highest BCUT2D eigenvalue weighted by atomic mass is 16.7. The molecule has 1 aliphatic heterocycles. The summed E-state index contributed by atoms with van der Waals surface area (Å²) in [5.41, 5.74) is 0.951. The Balaban J connectivity index is 1.67. The Hall–Kier alpha value is -2.01. The molecule has 0 saturated heterocycles. The topological polar surface area (TPSA) is 42.0 Å². The lowest BCUT2D eigenvalue weighted by atomic mass is 9.86. The molecule has 1 heterocycles. The van der Waals surface area contributed by atoms with Gasteiger partial charge in [-0.3, -0.25) is 4.79 Å². The average Bonchev–Trinajstić information content (AvgIpc) is 3.09. The van der Waals surface area contributed by atoms with Crippen LogP contribution in [0, 0.1) is 5.92 Å². The number of carbonyl (C=O) groups excluding carboxylic acids is 1. The summed E-state index contributed by atoms with van der Waals surface area (Å²) in [5, 5.41) is 0. The molecule has 1 aromatic carbocycles. The van der Waals surface area contributed by atoms with Crippen LogP contribution < -0.4 is 9.47 Å². The minimum absolute atomic E-state index is 0.101. The maximum Gasteiger partial charge on any atom is 0.246 e. The van der Waals surface area contributed by atoms with Crippen LogP contribution in [0.1, 0.15) is 38.2 Å². The monoisotopic (exact) mass is 358 g/mol. The average molecular weight is 358 g/mol. The fourth-order valence-electron chi connectivity index (χ4n) is 3.61. The van der Waals surface area contributed by atoms with Crippen LogP contribution in [-0.4, -0.2) is 55.7 Å². The molecule has 5 heteroatoms. The quantitative estimate of drug-likeness (QED) is 0.731. The Morgan fingerprint density at radius 2 is 1.85 bits per heavy atom. The van der Waals surface area contributed by atoms with E-state index in [0.717, 1.165) is 48.9 Å². The van der Waals surface area contributed by atoms with Crippen LogP contribution in [0.2, 0.25) is 0 Å². The third kappa shape index (κ3) is 4.79. The van der Waals surface area contributed by atoms with E-state index in [2.05, 4.69) is 16.7 Å². The van der Waals surface area contributed by atoms with Crippen LogP contribution in [0.15, 0.2) is 24.3 Å². The number of rotatable bonds is 6. The molecule has 0 spiro atoms. The largest absolute Gasteiger partial charge is 0.454 e. The van der Waals surface area contributed by atoms with Crippen LogP contribution >= 0.6 is 0 Å². The minimum Gasteiger partial charge on any atom is -0.454 e. The normalized spacial score (nSPS) is 22.2. The summed E-state index contributed by atoms with van der Waals surface area (Å²) in [6, 6.07) is 6.11. The van der Waals surface area contributed by atoms with Gasteiger partial charge in [0.2, 0.25) is 12.7 Å². The number of hydrogen-bond acceptors (Lipinski definition) is 4. The Labute approximate surface area is 156 Å². The van der Waals surface area contributed by atoms with Crippen molar-refractivity contribution in [1.82, 2.24) is 9.80 Å². The van der Waals surface area contributed by atoms with Gasteiger partial charge in [-0.2, -0.15) is 0 Å². The number of amides is 1. The molecule has 1 amide bonds. The molecule has 0 unspecified atom stereocenters. The maximum atomic E-state index is 12.9. The highest BCUT2D eigenvalue weighted by Crippen LogP contribution is 2.33. The molecule has 0 bridgehead atoms. The predicted molar refractivity (Wildman–Crippen MR) is 103 cm³/mol. The van der Waals surface area contributed by atoms with E-state index in [-0.39, 0.29) is 12.7 Å². The number of likely N-dealkylation sites (N-methyl/N-ethyl adjacent to an activating group) is 1. The standard InChI is InChI=1S/C21H30N2O3/c1-16-4-8-18(9-5-16)23(13-12-22(2)3)21(24)11-7-17-6-10-19-20(14-17)26-15-25-19/h6-7,10-11,14,16,18H,4-5,8-9,12-13,15H2,1-3H3. The van der Waals surface area contributed by atoms with Crippen molar-refractivity contribution in [3.05, 3.63) is 29.8 Å². The molecule has 1 saturated carbocycles. The number of carbonyl (C=O) groups is 1. The van der Waals surface area contributed by atoms with E-state index in [9.17, 15) is 4.79 Å². The van der Waals surface area contributed by atoms with Gasteiger partial charge in [-0.25, -0.2) is 0 Å². The first-order chi connectivity index (χ1) is 12.5. The van der Waals surface area contributed by atoms with Gasteiger partial charge in [-0.1, -0.05) is 13.0 Å². The van der Waals surface area contributed by atoms with Gasteiger partial charge in [0.25, 0.3) is 0 Å². The first-order valence-corrected chi connectivity index (χ1v) is 9.56. The smallest absolute Gasteiger partial charge is 0.246 e. The molecule has 1 aromatic rings. The van der Waals surface area contributed by atoms with Crippen molar-refractivity contribution in [3.63, 3.8) is 0 Å². The molecular formula is C21H30N2O3. The van der Waals surface area contributed by atoms with E-state index in [0.29, 0.717) is 6.04 Å². The van der Waals surface area contributed by atoms with Crippen molar-refractivity contribution in [1.29, 1.82) is 0 Å². The number of benzene rings is 1. The fraction of sp³-hybridized carbons (Fsp3) is 0.571. The highest BCUT2D eigenvalue weighted by molar-refractivity contribution is 5.92. The second kappa shape index (κ2) is 8.58. The summed E-state index contributed by atoms with van der Waals surface area (Å²) in [6.07, 6.45) is 8.21. The van der Waals surface area contributed by atoms with E-state index in [1.807, 2.05) is 38.4 Å². The van der Waals surface area contributed by atoms with Crippen molar-refractivity contribution in [2.45, 2.75) is 38.6 Å². The molecule has 0 N–H and O–H groups in total. The van der Waals surface area contributed by atoms with Gasteiger partial charge < -0.3 is 19.3 Å². The lowest BCUT2D eigenvalue weighted by Crippen LogP contribution is -2.44. The third-order valence-corrected chi connectivity index (χ3v) is 5.31. The van der Waals surface area contributed by atoms with Crippen molar-refractivity contribution in [2.24, 2.45) is 5.92 Å². The Bertz CT molecular complexity index is 649. The van der Waals surface area contributed by atoms with Crippen molar-refractivity contribution < 1.29 is 14.3 Å². The van der Waals surface area contributed by atoms with E-state index in [4.69, 9.17) is 9.47 Å². The summed E-state index contributed by atoms with van der Waals surface area (Å²) in [5.74, 6) is 2.38. The maximum absolute atomic E-state index is 12.9. The van der Waals surface area contributed by atoms with Gasteiger partial charge in [0, 0.05) is 25.2 Å².